The van der Waals surface area contributed by atoms with Gasteiger partial charge in [-0.1, -0.05) is 12.1 Å². The molecule has 5 atom stereocenters. The van der Waals surface area contributed by atoms with E-state index < -0.39 is 46.3 Å². The van der Waals surface area contributed by atoms with Crippen LogP contribution in [-0.4, -0.2) is 36.9 Å². The van der Waals surface area contributed by atoms with Crippen molar-refractivity contribution in [2.75, 3.05) is 0 Å². The first-order valence-corrected chi connectivity index (χ1v) is 9.25. The molecule has 2 aromatic carbocycles. The Labute approximate surface area is 165 Å². The maximum Gasteiger partial charge on any atom is 0.224 e. The summed E-state index contributed by atoms with van der Waals surface area (Å²) in [6.45, 7) is 3.30. The molecule has 0 radical (unpaired) electrons. The molecule has 1 fully saturated rings. The number of phenolic OH excluding ortho intramolecular Hbond substituents is 2. The molecule has 1 aliphatic carbocycles. The molecule has 0 amide bonds. The van der Waals surface area contributed by atoms with E-state index in [1.165, 1.54) is 19.1 Å². The molecule has 29 heavy (non-hydrogen) atoms. The van der Waals surface area contributed by atoms with Crippen molar-refractivity contribution in [3.63, 3.8) is 0 Å². The molecule has 2 aromatic rings. The SMILES string of the molecule is CC1(O)OC2c3c(ccc(=O)c(O)c3O)C1C1(C)OCc3c(ccc(O)c3O)C21. The van der Waals surface area contributed by atoms with E-state index in [4.69, 9.17) is 9.47 Å². The van der Waals surface area contributed by atoms with Crippen LogP contribution in [-0.2, 0) is 16.1 Å². The Morgan fingerprint density at radius 3 is 2.38 bits per heavy atom. The molecule has 4 aliphatic rings. The topological polar surface area (TPSA) is 137 Å². The van der Waals surface area contributed by atoms with Crippen molar-refractivity contribution in [1.82, 2.24) is 0 Å². The summed E-state index contributed by atoms with van der Waals surface area (Å²) in [5.74, 6) is -5.04. The van der Waals surface area contributed by atoms with Gasteiger partial charge in [-0.05, 0) is 37.1 Å². The molecule has 1 saturated heterocycles. The molecule has 3 heterocycles. The fourth-order valence-corrected chi connectivity index (χ4v) is 5.45. The molecular formula is C21H20O8. The summed E-state index contributed by atoms with van der Waals surface area (Å²) in [4.78, 5) is 12.1. The zero-order valence-corrected chi connectivity index (χ0v) is 15.7. The highest BCUT2D eigenvalue weighted by atomic mass is 16.6. The number of aromatic hydroxyl groups is 4. The Kier molecular flexibility index (Phi) is 3.40. The molecule has 8 heteroatoms. The van der Waals surface area contributed by atoms with Crippen LogP contribution in [0.5, 0.6) is 23.0 Å². The van der Waals surface area contributed by atoms with E-state index in [1.54, 1.807) is 6.07 Å². The maximum absolute atomic E-state index is 12.1. The largest absolute Gasteiger partial charge is 0.504 e. The Bertz CT molecular complexity index is 1120. The first-order valence-electron chi connectivity index (χ1n) is 9.25. The molecule has 8 nitrogen and oxygen atoms in total. The van der Waals surface area contributed by atoms with Crippen LogP contribution >= 0.6 is 0 Å². The lowest BCUT2D eigenvalue weighted by Gasteiger charge is -2.62. The lowest BCUT2D eigenvalue weighted by Crippen LogP contribution is -2.63. The third kappa shape index (κ3) is 2.11. The van der Waals surface area contributed by atoms with Gasteiger partial charge in [0.1, 0.15) is 0 Å². The van der Waals surface area contributed by atoms with Gasteiger partial charge in [0.05, 0.1) is 24.2 Å². The van der Waals surface area contributed by atoms with E-state index in [0.717, 1.165) is 6.07 Å². The quantitative estimate of drug-likeness (QED) is 0.423. The minimum absolute atomic E-state index is 0.000195. The van der Waals surface area contributed by atoms with Gasteiger partial charge in [0.15, 0.2) is 23.0 Å². The van der Waals surface area contributed by atoms with Crippen molar-refractivity contribution in [1.29, 1.82) is 0 Å². The van der Waals surface area contributed by atoms with Gasteiger partial charge in [0.25, 0.3) is 0 Å². The zero-order chi connectivity index (χ0) is 20.9. The van der Waals surface area contributed by atoms with E-state index in [9.17, 15) is 30.3 Å². The van der Waals surface area contributed by atoms with Crippen LogP contribution in [0.2, 0.25) is 0 Å². The third-order valence-electron chi connectivity index (χ3n) is 6.59. The maximum atomic E-state index is 12.1. The molecule has 2 bridgehead atoms. The fourth-order valence-electron chi connectivity index (χ4n) is 5.45. The normalized spacial score (nSPS) is 34.2. The predicted octanol–water partition coefficient (Wildman–Crippen LogP) is 1.82. The predicted molar refractivity (Wildman–Crippen MR) is 98.9 cm³/mol. The van der Waals surface area contributed by atoms with Crippen molar-refractivity contribution in [2.45, 2.75) is 49.8 Å². The van der Waals surface area contributed by atoms with E-state index in [2.05, 4.69) is 0 Å². The van der Waals surface area contributed by atoms with Crippen LogP contribution in [0.3, 0.4) is 0 Å². The average molecular weight is 400 g/mol. The molecule has 0 spiro atoms. The lowest BCUT2D eigenvalue weighted by molar-refractivity contribution is -0.328. The number of hydrogen-bond acceptors (Lipinski definition) is 8. The van der Waals surface area contributed by atoms with E-state index in [1.807, 2.05) is 6.92 Å². The van der Waals surface area contributed by atoms with Crippen molar-refractivity contribution in [2.24, 2.45) is 0 Å². The summed E-state index contributed by atoms with van der Waals surface area (Å²) in [5, 5.41) is 52.0. The van der Waals surface area contributed by atoms with Gasteiger partial charge < -0.3 is 35.0 Å². The summed E-state index contributed by atoms with van der Waals surface area (Å²) in [5.41, 5.74) is -0.0850. The molecule has 152 valence electrons. The highest BCUT2D eigenvalue weighted by molar-refractivity contribution is 5.59. The second-order valence-corrected chi connectivity index (χ2v) is 8.24. The van der Waals surface area contributed by atoms with Crippen LogP contribution in [0.25, 0.3) is 0 Å². The van der Waals surface area contributed by atoms with Crippen molar-refractivity contribution >= 4 is 0 Å². The van der Waals surface area contributed by atoms with Crippen LogP contribution in [0, 0.1) is 0 Å². The minimum Gasteiger partial charge on any atom is -0.504 e. The monoisotopic (exact) mass is 400 g/mol. The summed E-state index contributed by atoms with van der Waals surface area (Å²) in [6.07, 6.45) is -0.976. The van der Waals surface area contributed by atoms with Gasteiger partial charge in [-0.15, -0.1) is 0 Å². The summed E-state index contributed by atoms with van der Waals surface area (Å²) in [6, 6.07) is 5.62. The van der Waals surface area contributed by atoms with Crippen LogP contribution < -0.4 is 5.43 Å². The second-order valence-electron chi connectivity index (χ2n) is 8.24. The van der Waals surface area contributed by atoms with Crippen LogP contribution in [0.4, 0.5) is 0 Å². The van der Waals surface area contributed by atoms with Gasteiger partial charge in [-0.2, -0.15) is 0 Å². The molecule has 0 aromatic heterocycles. The highest BCUT2D eigenvalue weighted by Gasteiger charge is 2.66. The Balaban J connectivity index is 1.86. The Morgan fingerprint density at radius 2 is 1.66 bits per heavy atom. The van der Waals surface area contributed by atoms with E-state index >= 15 is 0 Å². The number of ether oxygens (including phenoxy) is 2. The number of hydrogen-bond donors (Lipinski definition) is 5. The standard InChI is InChI=1S/C21H20O8/c1-20-14(8-3-5-11(22)15(24)10(8)7-28-20)18-13-9(19(20)21(2,27)29-18)4-6-12(23)16(25)17(13)26/h3-6,14,18-19,22,24,27H,7H2,1-2H3,(H2,23,25,26). The Hall–Kier alpha value is -2.81. The Morgan fingerprint density at radius 1 is 0.966 bits per heavy atom. The number of fused-ring (bicyclic) bond motifs is 2. The fraction of sp³-hybridized carbons (Fsp3) is 0.381. The molecule has 6 rings (SSSR count). The zero-order valence-electron chi connectivity index (χ0n) is 15.7. The van der Waals surface area contributed by atoms with Gasteiger partial charge in [-0.3, -0.25) is 4.79 Å². The molecule has 3 aliphatic heterocycles. The number of benzene rings is 1. The molecule has 5 N–H and O–H groups in total. The summed E-state index contributed by atoms with van der Waals surface area (Å²) in [7, 11) is 0. The highest BCUT2D eigenvalue weighted by Crippen LogP contribution is 2.67. The number of aliphatic hydroxyl groups is 1. The van der Waals surface area contributed by atoms with Crippen LogP contribution in [0.1, 0.15) is 54.0 Å². The first kappa shape index (κ1) is 18.2. The van der Waals surface area contributed by atoms with E-state index in [0.29, 0.717) is 16.7 Å². The number of phenols is 2. The van der Waals surface area contributed by atoms with Gasteiger partial charge in [0, 0.05) is 17.0 Å². The smallest absolute Gasteiger partial charge is 0.224 e. The van der Waals surface area contributed by atoms with Gasteiger partial charge >= 0.3 is 0 Å². The van der Waals surface area contributed by atoms with Gasteiger partial charge in [0.2, 0.25) is 11.2 Å². The third-order valence-corrected chi connectivity index (χ3v) is 6.59. The molecule has 5 unspecified atom stereocenters. The van der Waals surface area contributed by atoms with Crippen molar-refractivity contribution in [3.05, 3.63) is 56.7 Å². The first-order chi connectivity index (χ1) is 13.6. The second kappa shape index (κ2) is 5.41. The van der Waals surface area contributed by atoms with Gasteiger partial charge in [-0.25, -0.2) is 0 Å². The van der Waals surface area contributed by atoms with E-state index in [-0.39, 0.29) is 23.7 Å². The average Bonchev–Trinajstić information content (AvgIpc) is 2.75. The van der Waals surface area contributed by atoms with Crippen molar-refractivity contribution in [3.8, 4) is 23.0 Å². The number of rotatable bonds is 0. The summed E-state index contributed by atoms with van der Waals surface area (Å²) >= 11 is 0. The molecule has 0 saturated carbocycles. The van der Waals surface area contributed by atoms with Crippen LogP contribution in [0.15, 0.2) is 29.1 Å². The summed E-state index contributed by atoms with van der Waals surface area (Å²) < 4.78 is 12.1. The van der Waals surface area contributed by atoms with Crippen molar-refractivity contribution < 1.29 is 35.0 Å². The molecular weight excluding hydrogens is 380 g/mol. The lowest BCUT2D eigenvalue weighted by atomic mass is 9.57. The minimum atomic E-state index is -1.67.